The summed E-state index contributed by atoms with van der Waals surface area (Å²) >= 11 is 0. The Morgan fingerprint density at radius 3 is 2.62 bits per heavy atom. The highest BCUT2D eigenvalue weighted by molar-refractivity contribution is 5.79. The number of anilines is 1. The number of rotatable bonds is 4. The standard InChI is InChI=1S/C22H35N5O2/c1-3-20-17(2)15-23-22(24-20)26-9-6-19(7-10-26)27-8-4-5-18(16-27)21(28)25-11-13-29-14-12-25/h15,18-19H,3-14,16H2,1-2H3. The number of aryl methyl sites for hydroxylation is 2. The number of carbonyl (C=O) groups excluding carboxylic acids is 1. The molecule has 1 atom stereocenters. The molecule has 0 spiro atoms. The van der Waals surface area contributed by atoms with Crippen LogP contribution in [0.1, 0.15) is 43.9 Å². The first-order valence-electron chi connectivity index (χ1n) is 11.3. The minimum absolute atomic E-state index is 0.160. The van der Waals surface area contributed by atoms with Gasteiger partial charge in [-0.05, 0) is 51.1 Å². The summed E-state index contributed by atoms with van der Waals surface area (Å²) in [5.74, 6) is 1.38. The molecule has 7 nitrogen and oxygen atoms in total. The van der Waals surface area contributed by atoms with Crippen molar-refractivity contribution in [3.63, 3.8) is 0 Å². The summed E-state index contributed by atoms with van der Waals surface area (Å²) in [6, 6.07) is 0.572. The summed E-state index contributed by atoms with van der Waals surface area (Å²) < 4.78 is 5.40. The fourth-order valence-corrected chi connectivity index (χ4v) is 4.99. The lowest BCUT2D eigenvalue weighted by Crippen LogP contribution is -2.52. The molecule has 0 saturated carbocycles. The SMILES string of the molecule is CCc1nc(N2CCC(N3CCCC(C(=O)N4CCOCC4)C3)CC2)ncc1C. The molecule has 4 heterocycles. The van der Waals surface area contributed by atoms with Crippen molar-refractivity contribution in [2.24, 2.45) is 5.92 Å². The topological polar surface area (TPSA) is 61.8 Å². The van der Waals surface area contributed by atoms with Crippen LogP contribution in [0.5, 0.6) is 0 Å². The molecule has 0 N–H and O–H groups in total. The van der Waals surface area contributed by atoms with E-state index in [0.717, 1.165) is 83.0 Å². The normalized spacial score (nSPS) is 24.7. The second kappa shape index (κ2) is 9.39. The number of nitrogens with zero attached hydrogens (tertiary/aromatic N) is 5. The van der Waals surface area contributed by atoms with E-state index < -0.39 is 0 Å². The van der Waals surface area contributed by atoms with Gasteiger partial charge in [0.05, 0.1) is 19.1 Å². The van der Waals surface area contributed by atoms with Crippen molar-refractivity contribution in [2.75, 3.05) is 57.4 Å². The Kier molecular flexibility index (Phi) is 6.65. The zero-order valence-corrected chi connectivity index (χ0v) is 18.0. The largest absolute Gasteiger partial charge is 0.378 e. The van der Waals surface area contributed by atoms with Crippen LogP contribution >= 0.6 is 0 Å². The van der Waals surface area contributed by atoms with Gasteiger partial charge in [0, 0.05) is 50.7 Å². The maximum Gasteiger partial charge on any atom is 0.227 e. The second-order valence-corrected chi connectivity index (χ2v) is 8.64. The molecular weight excluding hydrogens is 366 g/mol. The van der Waals surface area contributed by atoms with E-state index in [4.69, 9.17) is 9.72 Å². The third kappa shape index (κ3) is 4.72. The molecule has 1 amide bonds. The highest BCUT2D eigenvalue weighted by Gasteiger charge is 2.34. The third-order valence-corrected chi connectivity index (χ3v) is 6.79. The fourth-order valence-electron chi connectivity index (χ4n) is 4.99. The predicted octanol–water partition coefficient (Wildman–Crippen LogP) is 1.89. The smallest absolute Gasteiger partial charge is 0.227 e. The van der Waals surface area contributed by atoms with Crippen LogP contribution in [0.15, 0.2) is 6.20 Å². The number of carbonyl (C=O) groups is 1. The summed E-state index contributed by atoms with van der Waals surface area (Å²) in [5, 5.41) is 0. The van der Waals surface area contributed by atoms with Gasteiger partial charge in [0.15, 0.2) is 0 Å². The summed E-state index contributed by atoms with van der Waals surface area (Å²) in [6.45, 7) is 11.1. The number of hydrogen-bond donors (Lipinski definition) is 0. The molecule has 3 aliphatic heterocycles. The summed E-state index contributed by atoms with van der Waals surface area (Å²) in [4.78, 5) is 29.2. The summed E-state index contributed by atoms with van der Waals surface area (Å²) in [5.41, 5.74) is 2.33. The van der Waals surface area contributed by atoms with Gasteiger partial charge in [-0.2, -0.15) is 0 Å². The lowest BCUT2D eigenvalue weighted by molar-refractivity contribution is -0.141. The van der Waals surface area contributed by atoms with Crippen LogP contribution in [0.25, 0.3) is 0 Å². The summed E-state index contributed by atoms with van der Waals surface area (Å²) in [7, 11) is 0. The molecule has 29 heavy (non-hydrogen) atoms. The van der Waals surface area contributed by atoms with Gasteiger partial charge in [0.2, 0.25) is 11.9 Å². The maximum absolute atomic E-state index is 12.9. The van der Waals surface area contributed by atoms with E-state index in [1.54, 1.807) is 0 Å². The lowest BCUT2D eigenvalue weighted by Gasteiger charge is -2.43. The molecule has 0 bridgehead atoms. The first-order chi connectivity index (χ1) is 14.2. The van der Waals surface area contributed by atoms with Gasteiger partial charge in [-0.1, -0.05) is 6.92 Å². The van der Waals surface area contributed by atoms with Gasteiger partial charge in [-0.25, -0.2) is 9.97 Å². The third-order valence-electron chi connectivity index (χ3n) is 6.79. The first kappa shape index (κ1) is 20.5. The fraction of sp³-hybridized carbons (Fsp3) is 0.773. The zero-order valence-electron chi connectivity index (χ0n) is 18.0. The van der Waals surface area contributed by atoms with Gasteiger partial charge in [0.25, 0.3) is 0 Å². The first-order valence-corrected chi connectivity index (χ1v) is 11.3. The van der Waals surface area contributed by atoms with Crippen molar-refractivity contribution in [2.45, 2.75) is 52.0 Å². The average Bonchev–Trinajstić information content (AvgIpc) is 2.80. The van der Waals surface area contributed by atoms with Gasteiger partial charge < -0.3 is 14.5 Å². The Labute approximate surface area is 174 Å². The average molecular weight is 402 g/mol. The Bertz CT molecular complexity index is 698. The minimum atomic E-state index is 0.160. The number of amides is 1. The molecule has 3 saturated heterocycles. The monoisotopic (exact) mass is 401 g/mol. The molecule has 1 unspecified atom stereocenters. The van der Waals surface area contributed by atoms with Crippen LogP contribution in [-0.2, 0) is 16.0 Å². The van der Waals surface area contributed by atoms with Crippen molar-refractivity contribution in [1.82, 2.24) is 19.8 Å². The molecule has 1 aromatic heterocycles. The molecule has 0 radical (unpaired) electrons. The lowest BCUT2D eigenvalue weighted by atomic mass is 9.92. The highest BCUT2D eigenvalue weighted by atomic mass is 16.5. The summed E-state index contributed by atoms with van der Waals surface area (Å²) in [6.07, 6.45) is 7.31. The predicted molar refractivity (Wildman–Crippen MR) is 113 cm³/mol. The Hall–Kier alpha value is -1.73. The molecule has 3 aliphatic rings. The Balaban J connectivity index is 1.31. The molecule has 3 fully saturated rings. The van der Waals surface area contributed by atoms with Crippen molar-refractivity contribution < 1.29 is 9.53 Å². The molecule has 1 aromatic rings. The Morgan fingerprint density at radius 1 is 1.14 bits per heavy atom. The molecule has 7 heteroatoms. The molecule has 0 aromatic carbocycles. The number of ether oxygens (including phenoxy) is 1. The van der Waals surface area contributed by atoms with Crippen LogP contribution in [0, 0.1) is 12.8 Å². The van der Waals surface area contributed by atoms with Crippen LogP contribution in [-0.4, -0.2) is 84.2 Å². The van der Waals surface area contributed by atoms with E-state index >= 15 is 0 Å². The van der Waals surface area contributed by atoms with Crippen LogP contribution in [0.2, 0.25) is 0 Å². The van der Waals surface area contributed by atoms with Crippen LogP contribution < -0.4 is 4.90 Å². The Morgan fingerprint density at radius 2 is 1.90 bits per heavy atom. The maximum atomic E-state index is 12.9. The van der Waals surface area contributed by atoms with E-state index in [1.807, 2.05) is 11.1 Å². The van der Waals surface area contributed by atoms with Crippen molar-refractivity contribution >= 4 is 11.9 Å². The van der Waals surface area contributed by atoms with E-state index in [0.29, 0.717) is 25.2 Å². The molecule has 0 aliphatic carbocycles. The zero-order chi connectivity index (χ0) is 20.2. The minimum Gasteiger partial charge on any atom is -0.378 e. The van der Waals surface area contributed by atoms with Gasteiger partial charge in [-0.3, -0.25) is 9.69 Å². The molecule has 160 valence electrons. The molecular formula is C22H35N5O2. The number of hydrogen-bond acceptors (Lipinski definition) is 6. The van der Waals surface area contributed by atoms with E-state index in [-0.39, 0.29) is 5.92 Å². The number of aromatic nitrogens is 2. The van der Waals surface area contributed by atoms with Crippen molar-refractivity contribution in [3.8, 4) is 0 Å². The highest BCUT2D eigenvalue weighted by Crippen LogP contribution is 2.26. The second-order valence-electron chi connectivity index (χ2n) is 8.64. The number of morpholine rings is 1. The van der Waals surface area contributed by atoms with E-state index in [1.165, 1.54) is 5.56 Å². The molecule has 4 rings (SSSR count). The van der Waals surface area contributed by atoms with E-state index in [2.05, 4.69) is 28.6 Å². The van der Waals surface area contributed by atoms with E-state index in [9.17, 15) is 4.79 Å². The van der Waals surface area contributed by atoms with Crippen LogP contribution in [0.4, 0.5) is 5.95 Å². The van der Waals surface area contributed by atoms with Gasteiger partial charge >= 0.3 is 0 Å². The van der Waals surface area contributed by atoms with Gasteiger partial charge in [0.1, 0.15) is 0 Å². The number of piperidine rings is 2. The van der Waals surface area contributed by atoms with Crippen molar-refractivity contribution in [3.05, 3.63) is 17.5 Å². The number of likely N-dealkylation sites (tertiary alicyclic amines) is 1. The van der Waals surface area contributed by atoms with Crippen molar-refractivity contribution in [1.29, 1.82) is 0 Å². The van der Waals surface area contributed by atoms with Gasteiger partial charge in [-0.15, -0.1) is 0 Å². The quantitative estimate of drug-likeness (QED) is 0.768. The van der Waals surface area contributed by atoms with Crippen LogP contribution in [0.3, 0.4) is 0 Å².